The molecule has 1 heterocycles. The number of hydrogen-bond donors (Lipinski definition) is 2. The maximum absolute atomic E-state index is 13.2. The summed E-state index contributed by atoms with van der Waals surface area (Å²) in [5, 5.41) is 6.20. The molecule has 0 bridgehead atoms. The van der Waals surface area contributed by atoms with Crippen LogP contribution in [0.15, 0.2) is 140 Å². The molecule has 0 spiro atoms. The number of carbonyl (C=O) groups is 2. The Balaban J connectivity index is 1.33. The van der Waals surface area contributed by atoms with E-state index in [4.69, 9.17) is 0 Å². The summed E-state index contributed by atoms with van der Waals surface area (Å²) in [5.74, 6) is -0.588. The van der Waals surface area contributed by atoms with E-state index >= 15 is 0 Å². The zero-order valence-corrected chi connectivity index (χ0v) is 20.7. The quantitative estimate of drug-likeness (QED) is 0.271. The zero-order chi connectivity index (χ0) is 26.2. The van der Waals surface area contributed by atoms with Crippen molar-refractivity contribution in [3.8, 4) is 0 Å². The standard InChI is InChI=1S/C33H27N3O2/c37-32(35-30(24-13-5-1-6-14-24)25-15-7-2-8-16-25)28-21-22-29(34-23-28)33(38)36-31(26-17-9-3-10-18-26)27-19-11-4-12-20-27/h1-23,30-31H,(H,35,37)(H,36,38). The van der Waals surface area contributed by atoms with Gasteiger partial charge in [-0.15, -0.1) is 0 Å². The third kappa shape index (κ3) is 5.85. The van der Waals surface area contributed by atoms with Gasteiger partial charge in [-0.2, -0.15) is 0 Å². The lowest BCUT2D eigenvalue weighted by atomic mass is 9.98. The molecule has 0 fully saturated rings. The summed E-state index contributed by atoms with van der Waals surface area (Å²) in [6, 6.07) is 41.8. The molecule has 5 aromatic rings. The van der Waals surface area contributed by atoms with Crippen molar-refractivity contribution in [3.05, 3.63) is 173 Å². The first-order chi connectivity index (χ1) is 18.7. The molecule has 1 aromatic heterocycles. The van der Waals surface area contributed by atoms with Crippen molar-refractivity contribution in [2.45, 2.75) is 12.1 Å². The Labute approximate surface area is 222 Å². The topological polar surface area (TPSA) is 71.1 Å². The fourth-order valence-corrected chi connectivity index (χ4v) is 4.38. The summed E-state index contributed by atoms with van der Waals surface area (Å²) in [6.45, 7) is 0. The zero-order valence-electron chi connectivity index (χ0n) is 20.7. The van der Waals surface area contributed by atoms with E-state index in [0.29, 0.717) is 5.56 Å². The van der Waals surface area contributed by atoms with Gasteiger partial charge in [-0.1, -0.05) is 121 Å². The molecule has 0 aliphatic rings. The molecule has 0 aliphatic carbocycles. The molecule has 0 unspecified atom stereocenters. The highest BCUT2D eigenvalue weighted by molar-refractivity contribution is 5.96. The van der Waals surface area contributed by atoms with Crippen LogP contribution in [0.1, 0.15) is 55.2 Å². The van der Waals surface area contributed by atoms with Gasteiger partial charge in [0.2, 0.25) is 0 Å². The average Bonchev–Trinajstić information content (AvgIpc) is 3.00. The van der Waals surface area contributed by atoms with Gasteiger partial charge < -0.3 is 10.6 Å². The van der Waals surface area contributed by atoms with Gasteiger partial charge in [0.15, 0.2) is 0 Å². The summed E-state index contributed by atoms with van der Waals surface area (Å²) in [6.07, 6.45) is 1.44. The molecule has 4 aromatic carbocycles. The first-order valence-electron chi connectivity index (χ1n) is 12.5. The smallest absolute Gasteiger partial charge is 0.270 e. The third-order valence-electron chi connectivity index (χ3n) is 6.34. The number of pyridine rings is 1. The van der Waals surface area contributed by atoms with Crippen molar-refractivity contribution < 1.29 is 9.59 Å². The fourth-order valence-electron chi connectivity index (χ4n) is 4.38. The van der Waals surface area contributed by atoms with E-state index in [9.17, 15) is 9.59 Å². The largest absolute Gasteiger partial charge is 0.341 e. The van der Waals surface area contributed by atoms with E-state index in [1.807, 2.05) is 121 Å². The molecular formula is C33H27N3O2. The molecule has 2 N–H and O–H groups in total. The van der Waals surface area contributed by atoms with Crippen molar-refractivity contribution in [2.75, 3.05) is 0 Å². The summed E-state index contributed by atoms with van der Waals surface area (Å²) >= 11 is 0. The summed E-state index contributed by atoms with van der Waals surface area (Å²) < 4.78 is 0. The van der Waals surface area contributed by atoms with E-state index in [1.165, 1.54) is 6.20 Å². The number of aromatic nitrogens is 1. The summed E-state index contributed by atoms with van der Waals surface area (Å²) in [5.41, 5.74) is 4.50. The minimum Gasteiger partial charge on any atom is -0.341 e. The van der Waals surface area contributed by atoms with Crippen molar-refractivity contribution >= 4 is 11.8 Å². The number of amides is 2. The highest BCUT2D eigenvalue weighted by Crippen LogP contribution is 2.23. The second-order valence-corrected chi connectivity index (χ2v) is 8.89. The van der Waals surface area contributed by atoms with Crippen LogP contribution in [0.3, 0.4) is 0 Å². The highest BCUT2D eigenvalue weighted by Gasteiger charge is 2.20. The molecule has 2 amide bonds. The van der Waals surface area contributed by atoms with Gasteiger partial charge in [-0.25, -0.2) is 0 Å². The van der Waals surface area contributed by atoms with Gasteiger partial charge in [0.05, 0.1) is 17.6 Å². The molecule has 186 valence electrons. The molecule has 38 heavy (non-hydrogen) atoms. The van der Waals surface area contributed by atoms with Gasteiger partial charge in [-0.05, 0) is 34.4 Å². The van der Waals surface area contributed by atoms with Crippen LogP contribution in [-0.4, -0.2) is 16.8 Å². The lowest BCUT2D eigenvalue weighted by Crippen LogP contribution is -2.31. The molecule has 5 heteroatoms. The number of rotatable bonds is 8. The molecule has 0 aliphatic heterocycles. The van der Waals surface area contributed by atoms with Crippen molar-refractivity contribution in [3.63, 3.8) is 0 Å². The monoisotopic (exact) mass is 497 g/mol. The maximum atomic E-state index is 13.2. The van der Waals surface area contributed by atoms with Crippen LogP contribution in [0, 0.1) is 0 Å². The number of nitrogens with zero attached hydrogens (tertiary/aromatic N) is 1. The van der Waals surface area contributed by atoms with Gasteiger partial charge in [0.1, 0.15) is 5.69 Å². The van der Waals surface area contributed by atoms with Crippen molar-refractivity contribution in [2.24, 2.45) is 0 Å². The molecule has 5 rings (SSSR count). The van der Waals surface area contributed by atoms with E-state index in [1.54, 1.807) is 12.1 Å². The first kappa shape index (κ1) is 24.7. The van der Waals surface area contributed by atoms with E-state index < -0.39 is 0 Å². The Kier molecular flexibility index (Phi) is 7.66. The lowest BCUT2D eigenvalue weighted by molar-refractivity contribution is 0.0926. The lowest BCUT2D eigenvalue weighted by Gasteiger charge is -2.20. The minimum atomic E-state index is -0.327. The van der Waals surface area contributed by atoms with Crippen LogP contribution in [-0.2, 0) is 0 Å². The Morgan fingerprint density at radius 1 is 0.474 bits per heavy atom. The molecule has 5 nitrogen and oxygen atoms in total. The minimum absolute atomic E-state index is 0.237. The van der Waals surface area contributed by atoms with Crippen LogP contribution >= 0.6 is 0 Å². The Morgan fingerprint density at radius 2 is 0.842 bits per heavy atom. The van der Waals surface area contributed by atoms with Gasteiger partial charge in [0, 0.05) is 6.20 Å². The number of nitrogens with one attached hydrogen (secondary N) is 2. The van der Waals surface area contributed by atoms with Crippen LogP contribution in [0.5, 0.6) is 0 Å². The van der Waals surface area contributed by atoms with Gasteiger partial charge in [-0.3, -0.25) is 14.6 Å². The van der Waals surface area contributed by atoms with Crippen molar-refractivity contribution in [1.29, 1.82) is 0 Å². The SMILES string of the molecule is O=C(NC(c1ccccc1)c1ccccc1)c1ccc(C(=O)NC(c2ccccc2)c2ccccc2)nc1. The maximum Gasteiger partial charge on any atom is 0.270 e. The molecule has 0 saturated carbocycles. The fraction of sp³-hybridized carbons (Fsp3) is 0.0606. The van der Waals surface area contributed by atoms with Crippen LogP contribution in [0.4, 0.5) is 0 Å². The van der Waals surface area contributed by atoms with Gasteiger partial charge in [0.25, 0.3) is 11.8 Å². The predicted octanol–water partition coefficient (Wildman–Crippen LogP) is 6.12. The van der Waals surface area contributed by atoms with E-state index in [2.05, 4.69) is 15.6 Å². The number of benzene rings is 4. The van der Waals surface area contributed by atoms with Crippen molar-refractivity contribution in [1.82, 2.24) is 15.6 Å². The van der Waals surface area contributed by atoms with Crippen LogP contribution in [0.25, 0.3) is 0 Å². The second kappa shape index (κ2) is 11.8. The van der Waals surface area contributed by atoms with Gasteiger partial charge >= 0.3 is 0 Å². The average molecular weight is 498 g/mol. The normalized spacial score (nSPS) is 10.8. The van der Waals surface area contributed by atoms with Crippen LogP contribution in [0.2, 0.25) is 0 Å². The van der Waals surface area contributed by atoms with Crippen LogP contribution < -0.4 is 10.6 Å². The Morgan fingerprint density at radius 3 is 1.18 bits per heavy atom. The van der Waals surface area contributed by atoms with E-state index in [-0.39, 0.29) is 29.6 Å². The summed E-state index contributed by atoms with van der Waals surface area (Å²) in [7, 11) is 0. The molecule has 0 atom stereocenters. The molecular weight excluding hydrogens is 470 g/mol. The Bertz CT molecular complexity index is 1280. The molecule has 0 radical (unpaired) electrons. The number of carbonyl (C=O) groups excluding carboxylic acids is 2. The summed E-state index contributed by atoms with van der Waals surface area (Å²) in [4.78, 5) is 30.7. The second-order valence-electron chi connectivity index (χ2n) is 8.89. The third-order valence-corrected chi connectivity index (χ3v) is 6.34. The highest BCUT2D eigenvalue weighted by atomic mass is 16.2. The Hall–Kier alpha value is -5.03. The molecule has 0 saturated heterocycles. The first-order valence-corrected chi connectivity index (χ1v) is 12.5. The predicted molar refractivity (Wildman–Crippen MR) is 149 cm³/mol. The number of hydrogen-bond acceptors (Lipinski definition) is 3. The van der Waals surface area contributed by atoms with E-state index in [0.717, 1.165) is 22.3 Å².